The van der Waals surface area contributed by atoms with Gasteiger partial charge in [0.2, 0.25) is 0 Å². The van der Waals surface area contributed by atoms with Gasteiger partial charge in [-0.2, -0.15) is 0 Å². The number of fused-ring (bicyclic) bond motifs is 1. The molecule has 4 rings (SSSR count). The molecule has 4 aromatic rings. The largest absolute Gasteiger partial charge is 0.486 e. The van der Waals surface area contributed by atoms with E-state index in [2.05, 4.69) is 10.3 Å². The first-order chi connectivity index (χ1) is 12.7. The Bertz CT molecular complexity index is 1060. The van der Waals surface area contributed by atoms with Crippen LogP contribution in [0.3, 0.4) is 0 Å². The number of nitrogens with zero attached hydrogens (tertiary/aromatic N) is 1. The van der Waals surface area contributed by atoms with Gasteiger partial charge in [0.05, 0.1) is 9.72 Å². The maximum absolute atomic E-state index is 12.4. The highest BCUT2D eigenvalue weighted by Crippen LogP contribution is 2.30. The average molecular weight is 385 g/mol. The molecule has 2 aromatic heterocycles. The van der Waals surface area contributed by atoms with Gasteiger partial charge in [-0.25, -0.2) is 4.98 Å². The number of anilines is 1. The zero-order valence-corrected chi connectivity index (χ0v) is 15.0. The van der Waals surface area contributed by atoms with E-state index in [4.69, 9.17) is 20.8 Å². The lowest BCUT2D eigenvalue weighted by molar-refractivity contribution is 0.0992. The van der Waals surface area contributed by atoms with Crippen LogP contribution in [0, 0.1) is 0 Å². The number of hydrogen-bond acceptors (Lipinski definition) is 5. The van der Waals surface area contributed by atoms with Crippen LogP contribution < -0.4 is 10.1 Å². The summed E-state index contributed by atoms with van der Waals surface area (Å²) in [7, 11) is 0. The zero-order valence-electron chi connectivity index (χ0n) is 13.4. The van der Waals surface area contributed by atoms with Crippen molar-refractivity contribution in [2.45, 2.75) is 6.61 Å². The van der Waals surface area contributed by atoms with Gasteiger partial charge in [0.15, 0.2) is 10.9 Å². The lowest BCUT2D eigenvalue weighted by atomic mass is 10.3. The number of aromatic nitrogens is 1. The van der Waals surface area contributed by atoms with Crippen LogP contribution in [0.2, 0.25) is 5.02 Å². The average Bonchev–Trinajstić information content (AvgIpc) is 3.28. The van der Waals surface area contributed by atoms with Crippen LogP contribution in [-0.2, 0) is 6.61 Å². The molecule has 0 spiro atoms. The third-order valence-corrected chi connectivity index (χ3v) is 4.84. The van der Waals surface area contributed by atoms with Gasteiger partial charge in [-0.1, -0.05) is 47.2 Å². The van der Waals surface area contributed by atoms with E-state index >= 15 is 0 Å². The molecule has 0 fully saturated rings. The molecule has 5 nitrogen and oxygen atoms in total. The van der Waals surface area contributed by atoms with Crippen molar-refractivity contribution in [2.75, 3.05) is 5.32 Å². The Labute approximate surface area is 158 Å². The number of halogens is 1. The summed E-state index contributed by atoms with van der Waals surface area (Å²) in [5, 5.41) is 3.76. The fourth-order valence-electron chi connectivity index (χ4n) is 2.38. The number of thiazole rings is 1. The molecule has 0 saturated heterocycles. The van der Waals surface area contributed by atoms with Crippen LogP contribution >= 0.6 is 22.9 Å². The maximum Gasteiger partial charge on any atom is 0.293 e. The van der Waals surface area contributed by atoms with Gasteiger partial charge in [-0.15, -0.1) is 0 Å². The second kappa shape index (κ2) is 7.19. The molecule has 7 heteroatoms. The van der Waals surface area contributed by atoms with Crippen molar-refractivity contribution in [1.82, 2.24) is 4.98 Å². The van der Waals surface area contributed by atoms with Gasteiger partial charge in [0, 0.05) is 0 Å². The van der Waals surface area contributed by atoms with Crippen molar-refractivity contribution < 1.29 is 13.9 Å². The van der Waals surface area contributed by atoms with Gasteiger partial charge in [-0.05, 0) is 36.4 Å². The van der Waals surface area contributed by atoms with Gasteiger partial charge in [0.25, 0.3) is 5.91 Å². The first-order valence-electron chi connectivity index (χ1n) is 7.82. The lowest BCUT2D eigenvalue weighted by Gasteiger charge is -2.03. The Morgan fingerprint density at radius 2 is 1.96 bits per heavy atom. The Hall–Kier alpha value is -2.83. The van der Waals surface area contributed by atoms with Crippen molar-refractivity contribution in [3.05, 3.63) is 77.2 Å². The van der Waals surface area contributed by atoms with E-state index in [1.54, 1.807) is 18.2 Å². The summed E-state index contributed by atoms with van der Waals surface area (Å²) in [6.45, 7) is 0.244. The Balaban J connectivity index is 1.43. The smallest absolute Gasteiger partial charge is 0.293 e. The SMILES string of the molecule is O=C(Nc1nc2c(Cl)cccc2s1)c1ccc(COc2ccccc2)o1. The summed E-state index contributed by atoms with van der Waals surface area (Å²) < 4.78 is 12.1. The van der Waals surface area contributed by atoms with Crippen molar-refractivity contribution in [3.63, 3.8) is 0 Å². The monoisotopic (exact) mass is 384 g/mol. The second-order valence-corrected chi connectivity index (χ2v) is 6.87. The van der Waals surface area contributed by atoms with Crippen LogP contribution in [0.25, 0.3) is 10.2 Å². The second-order valence-electron chi connectivity index (χ2n) is 5.43. The minimum Gasteiger partial charge on any atom is -0.486 e. The minimum absolute atomic E-state index is 0.196. The number of para-hydroxylation sites is 2. The van der Waals surface area contributed by atoms with Crippen molar-refractivity contribution in [1.29, 1.82) is 0 Å². The number of ether oxygens (including phenoxy) is 1. The van der Waals surface area contributed by atoms with Gasteiger partial charge >= 0.3 is 0 Å². The quantitative estimate of drug-likeness (QED) is 0.502. The number of rotatable bonds is 5. The zero-order chi connectivity index (χ0) is 17.9. The number of hydrogen-bond donors (Lipinski definition) is 1. The molecule has 1 N–H and O–H groups in total. The summed E-state index contributed by atoms with van der Waals surface area (Å²) in [6, 6.07) is 18.2. The normalized spacial score (nSPS) is 10.8. The molecule has 0 saturated carbocycles. The highest BCUT2D eigenvalue weighted by molar-refractivity contribution is 7.22. The topological polar surface area (TPSA) is 64.4 Å². The lowest BCUT2D eigenvalue weighted by Crippen LogP contribution is -2.10. The van der Waals surface area contributed by atoms with Crippen LogP contribution in [0.5, 0.6) is 5.75 Å². The molecule has 2 aromatic carbocycles. The number of carbonyl (C=O) groups is 1. The fraction of sp³-hybridized carbons (Fsp3) is 0.0526. The molecule has 0 radical (unpaired) electrons. The highest BCUT2D eigenvalue weighted by Gasteiger charge is 2.15. The summed E-state index contributed by atoms with van der Waals surface area (Å²) in [5.41, 5.74) is 0.672. The minimum atomic E-state index is -0.369. The summed E-state index contributed by atoms with van der Waals surface area (Å²) in [6.07, 6.45) is 0. The molecule has 0 atom stereocenters. The summed E-state index contributed by atoms with van der Waals surface area (Å²) >= 11 is 7.47. The fourth-order valence-corrected chi connectivity index (χ4v) is 3.54. The number of amides is 1. The van der Waals surface area contributed by atoms with Crippen molar-refractivity contribution in [2.24, 2.45) is 0 Å². The van der Waals surface area contributed by atoms with Gasteiger partial charge in [0.1, 0.15) is 23.6 Å². The molecule has 130 valence electrons. The van der Waals surface area contributed by atoms with E-state index in [-0.39, 0.29) is 18.3 Å². The van der Waals surface area contributed by atoms with Crippen molar-refractivity contribution in [3.8, 4) is 5.75 Å². The predicted molar refractivity (Wildman–Crippen MR) is 102 cm³/mol. The van der Waals surface area contributed by atoms with Crippen LogP contribution in [-0.4, -0.2) is 10.9 Å². The van der Waals surface area contributed by atoms with E-state index in [1.807, 2.05) is 42.5 Å². The number of carbonyl (C=O) groups excluding carboxylic acids is 1. The van der Waals surface area contributed by atoms with Crippen molar-refractivity contribution >= 4 is 44.2 Å². The molecular weight excluding hydrogens is 372 g/mol. The molecule has 0 aliphatic rings. The van der Waals surface area contributed by atoms with Gasteiger partial charge in [-0.3, -0.25) is 10.1 Å². The number of benzene rings is 2. The molecule has 0 aliphatic heterocycles. The molecular formula is C19H13ClN2O3S. The third-order valence-electron chi connectivity index (χ3n) is 3.60. The predicted octanol–water partition coefficient (Wildman–Crippen LogP) is 5.37. The molecule has 0 unspecified atom stereocenters. The number of nitrogens with one attached hydrogen (secondary N) is 1. The first-order valence-corrected chi connectivity index (χ1v) is 9.01. The van der Waals surface area contributed by atoms with E-state index in [9.17, 15) is 4.79 Å². The summed E-state index contributed by atoms with van der Waals surface area (Å²) in [4.78, 5) is 16.7. The third kappa shape index (κ3) is 3.56. The van der Waals surface area contributed by atoms with E-state index in [0.717, 1.165) is 10.4 Å². The summed E-state index contributed by atoms with van der Waals surface area (Å²) in [5.74, 6) is 1.13. The van der Waals surface area contributed by atoms with Gasteiger partial charge < -0.3 is 9.15 Å². The van der Waals surface area contributed by atoms with E-state index in [1.165, 1.54) is 11.3 Å². The standard InChI is InChI=1S/C19H13ClN2O3S/c20-14-7-4-8-16-17(14)21-19(26-16)22-18(23)15-10-9-13(25-15)11-24-12-5-2-1-3-6-12/h1-10H,11H2,(H,21,22,23). The highest BCUT2D eigenvalue weighted by atomic mass is 35.5. The van der Waals surface area contributed by atoms with Crippen LogP contribution in [0.15, 0.2) is 65.1 Å². The molecule has 2 heterocycles. The Kier molecular flexibility index (Phi) is 4.60. The Morgan fingerprint density at radius 1 is 1.12 bits per heavy atom. The van der Waals surface area contributed by atoms with E-state index < -0.39 is 0 Å². The van der Waals surface area contributed by atoms with Crippen LogP contribution in [0.1, 0.15) is 16.3 Å². The number of furan rings is 1. The molecule has 0 bridgehead atoms. The van der Waals surface area contributed by atoms with Crippen LogP contribution in [0.4, 0.5) is 5.13 Å². The molecule has 1 amide bonds. The Morgan fingerprint density at radius 3 is 2.77 bits per heavy atom. The van der Waals surface area contributed by atoms with E-state index in [0.29, 0.717) is 21.4 Å². The molecule has 0 aliphatic carbocycles. The molecule has 26 heavy (non-hydrogen) atoms. The first kappa shape index (κ1) is 16.6. The maximum atomic E-state index is 12.4.